The molecule has 3 atom stereocenters. The van der Waals surface area contributed by atoms with Crippen LogP contribution >= 0.6 is 11.3 Å². The maximum Gasteiger partial charge on any atom is 0.265 e. The summed E-state index contributed by atoms with van der Waals surface area (Å²) in [5.41, 5.74) is 5.83. The largest absolute Gasteiger partial charge is 0.383 e. The fraction of sp³-hybridized carbons (Fsp3) is 0.692. The number of amides is 1. The molecule has 4 N–H and O–H groups in total. The van der Waals surface area contributed by atoms with Gasteiger partial charge in [0, 0.05) is 13.7 Å². The highest BCUT2D eigenvalue weighted by atomic mass is 32.1. The van der Waals surface area contributed by atoms with Gasteiger partial charge in [0.15, 0.2) is 5.13 Å². The monoisotopic (exact) mass is 312 g/mol. The Hall–Kier alpha value is -1.38. The standard InChI is InChI=1S/C13H20N4O3S/c1-19-5-4-15-13-17-11(14)10(21-13)12(18)16-8-6-7-2-3-9(8)20-7/h7-9H,2-6,14H2,1H3,(H,15,17)(H,16,18). The summed E-state index contributed by atoms with van der Waals surface area (Å²) in [6.45, 7) is 1.20. The lowest BCUT2D eigenvalue weighted by molar-refractivity contribution is 0.0844. The molecule has 116 valence electrons. The second-order valence-corrected chi connectivity index (χ2v) is 6.34. The van der Waals surface area contributed by atoms with E-state index in [4.69, 9.17) is 15.2 Å². The van der Waals surface area contributed by atoms with E-state index in [0.717, 1.165) is 19.3 Å². The predicted molar refractivity (Wildman–Crippen MR) is 80.7 cm³/mol. The van der Waals surface area contributed by atoms with Crippen molar-refractivity contribution in [2.24, 2.45) is 0 Å². The third kappa shape index (κ3) is 3.12. The lowest BCUT2D eigenvalue weighted by atomic mass is 9.95. The van der Waals surface area contributed by atoms with Crippen molar-refractivity contribution in [3.63, 3.8) is 0 Å². The van der Waals surface area contributed by atoms with Gasteiger partial charge in [-0.1, -0.05) is 11.3 Å². The predicted octanol–water partition coefficient (Wildman–Crippen LogP) is 0.833. The quantitative estimate of drug-likeness (QED) is 0.673. The van der Waals surface area contributed by atoms with Gasteiger partial charge in [0.2, 0.25) is 0 Å². The average Bonchev–Trinajstić information content (AvgIpc) is 3.14. The number of nitrogens with zero attached hydrogens (tertiary/aromatic N) is 1. The molecule has 0 aliphatic carbocycles. The molecule has 1 aromatic heterocycles. The molecule has 7 nitrogen and oxygen atoms in total. The van der Waals surface area contributed by atoms with Gasteiger partial charge in [-0.2, -0.15) is 0 Å². The van der Waals surface area contributed by atoms with Crippen LogP contribution in [0.1, 0.15) is 28.9 Å². The summed E-state index contributed by atoms with van der Waals surface area (Å²) >= 11 is 1.27. The van der Waals surface area contributed by atoms with Crippen molar-refractivity contribution in [2.45, 2.75) is 37.5 Å². The molecular formula is C13H20N4O3S. The highest BCUT2D eigenvalue weighted by molar-refractivity contribution is 7.18. The first-order valence-electron chi connectivity index (χ1n) is 7.13. The number of rotatable bonds is 6. The van der Waals surface area contributed by atoms with Crippen LogP contribution in [0, 0.1) is 0 Å². The number of anilines is 2. The summed E-state index contributed by atoms with van der Waals surface area (Å²) in [5.74, 6) is 0.104. The number of nitrogens with two attached hydrogens (primary N) is 1. The maximum atomic E-state index is 12.3. The van der Waals surface area contributed by atoms with Crippen LogP contribution in [0.4, 0.5) is 10.9 Å². The summed E-state index contributed by atoms with van der Waals surface area (Å²) in [6.07, 6.45) is 3.50. The third-order valence-corrected chi connectivity index (χ3v) is 4.89. The number of nitrogen functional groups attached to an aromatic ring is 1. The van der Waals surface area contributed by atoms with Gasteiger partial charge in [-0.3, -0.25) is 4.79 Å². The highest BCUT2D eigenvalue weighted by Gasteiger charge is 2.41. The van der Waals surface area contributed by atoms with Crippen LogP contribution in [0.2, 0.25) is 0 Å². The minimum absolute atomic E-state index is 0.0997. The van der Waals surface area contributed by atoms with Gasteiger partial charge >= 0.3 is 0 Å². The molecule has 21 heavy (non-hydrogen) atoms. The zero-order chi connectivity index (χ0) is 14.8. The number of carbonyl (C=O) groups excluding carboxylic acids is 1. The van der Waals surface area contributed by atoms with Crippen molar-refractivity contribution < 1.29 is 14.3 Å². The molecule has 3 rings (SSSR count). The first-order valence-corrected chi connectivity index (χ1v) is 7.94. The fourth-order valence-electron chi connectivity index (χ4n) is 2.85. The topological polar surface area (TPSA) is 98.5 Å². The summed E-state index contributed by atoms with van der Waals surface area (Å²) in [7, 11) is 1.63. The van der Waals surface area contributed by atoms with Gasteiger partial charge in [0.05, 0.1) is 24.9 Å². The van der Waals surface area contributed by atoms with Crippen molar-refractivity contribution in [1.29, 1.82) is 0 Å². The van der Waals surface area contributed by atoms with E-state index in [1.165, 1.54) is 11.3 Å². The Kier molecular flexibility index (Phi) is 4.27. The van der Waals surface area contributed by atoms with Crippen LogP contribution in [0.25, 0.3) is 0 Å². The van der Waals surface area contributed by atoms with Gasteiger partial charge < -0.3 is 25.8 Å². The van der Waals surface area contributed by atoms with Gasteiger partial charge in [0.25, 0.3) is 5.91 Å². The van der Waals surface area contributed by atoms with E-state index >= 15 is 0 Å². The zero-order valence-corrected chi connectivity index (χ0v) is 12.7. The number of hydrogen-bond acceptors (Lipinski definition) is 7. The molecule has 8 heteroatoms. The molecule has 3 heterocycles. The van der Waals surface area contributed by atoms with Gasteiger partial charge in [-0.15, -0.1) is 0 Å². The van der Waals surface area contributed by atoms with E-state index in [1.807, 2.05) is 0 Å². The molecule has 3 unspecified atom stereocenters. The smallest absolute Gasteiger partial charge is 0.265 e. The summed E-state index contributed by atoms with van der Waals surface area (Å²) < 4.78 is 10.7. The van der Waals surface area contributed by atoms with Crippen molar-refractivity contribution in [1.82, 2.24) is 10.3 Å². The van der Waals surface area contributed by atoms with Crippen LogP contribution in [0.5, 0.6) is 0 Å². The first kappa shape index (κ1) is 14.6. The molecule has 2 saturated heterocycles. The molecule has 1 aromatic rings. The summed E-state index contributed by atoms with van der Waals surface area (Å²) in [6, 6.07) is 0.0997. The Morgan fingerprint density at radius 1 is 1.57 bits per heavy atom. The molecule has 2 aliphatic heterocycles. The number of fused-ring (bicyclic) bond motifs is 2. The summed E-state index contributed by atoms with van der Waals surface area (Å²) in [5, 5.41) is 6.74. The molecule has 2 fully saturated rings. The van der Waals surface area contributed by atoms with Crippen molar-refractivity contribution in [3.8, 4) is 0 Å². The number of aromatic nitrogens is 1. The minimum Gasteiger partial charge on any atom is -0.383 e. The SMILES string of the molecule is COCCNc1nc(N)c(C(=O)NC2CC3CCC2O3)s1. The van der Waals surface area contributed by atoms with Crippen LogP contribution in [0.15, 0.2) is 0 Å². The van der Waals surface area contributed by atoms with Gasteiger partial charge in [-0.25, -0.2) is 4.98 Å². The molecule has 0 aromatic carbocycles. The molecule has 2 bridgehead atoms. The lowest BCUT2D eigenvalue weighted by Gasteiger charge is -2.19. The zero-order valence-electron chi connectivity index (χ0n) is 11.9. The van der Waals surface area contributed by atoms with E-state index in [-0.39, 0.29) is 23.9 Å². The third-order valence-electron chi connectivity index (χ3n) is 3.86. The maximum absolute atomic E-state index is 12.3. The Labute approximate surface area is 127 Å². The fourth-order valence-corrected chi connectivity index (χ4v) is 3.67. The van der Waals surface area contributed by atoms with E-state index in [0.29, 0.717) is 29.3 Å². The second-order valence-electron chi connectivity index (χ2n) is 5.34. The molecule has 0 radical (unpaired) electrons. The van der Waals surface area contributed by atoms with E-state index in [2.05, 4.69) is 15.6 Å². The Balaban J connectivity index is 1.59. The number of hydrogen-bond donors (Lipinski definition) is 3. The van der Waals surface area contributed by atoms with Crippen molar-refractivity contribution in [3.05, 3.63) is 4.88 Å². The van der Waals surface area contributed by atoms with Gasteiger partial charge in [-0.05, 0) is 19.3 Å². The first-order chi connectivity index (χ1) is 10.2. The number of carbonyl (C=O) groups is 1. The Morgan fingerprint density at radius 3 is 3.10 bits per heavy atom. The number of nitrogens with one attached hydrogen (secondary N) is 2. The Morgan fingerprint density at radius 2 is 2.43 bits per heavy atom. The molecule has 0 spiro atoms. The normalized spacial score (nSPS) is 27.0. The second kappa shape index (κ2) is 6.17. The van der Waals surface area contributed by atoms with E-state index < -0.39 is 0 Å². The summed E-state index contributed by atoms with van der Waals surface area (Å²) in [4.78, 5) is 16.9. The molecule has 2 aliphatic rings. The van der Waals surface area contributed by atoms with E-state index in [9.17, 15) is 4.79 Å². The van der Waals surface area contributed by atoms with Crippen LogP contribution in [-0.2, 0) is 9.47 Å². The van der Waals surface area contributed by atoms with Crippen molar-refractivity contribution in [2.75, 3.05) is 31.3 Å². The lowest BCUT2D eigenvalue weighted by Crippen LogP contribution is -2.41. The minimum atomic E-state index is -0.161. The highest BCUT2D eigenvalue weighted by Crippen LogP contribution is 2.35. The molecule has 0 saturated carbocycles. The number of thiazole rings is 1. The van der Waals surface area contributed by atoms with Gasteiger partial charge in [0.1, 0.15) is 10.7 Å². The van der Waals surface area contributed by atoms with Crippen LogP contribution < -0.4 is 16.4 Å². The average molecular weight is 312 g/mol. The van der Waals surface area contributed by atoms with E-state index in [1.54, 1.807) is 7.11 Å². The van der Waals surface area contributed by atoms with Crippen molar-refractivity contribution >= 4 is 28.2 Å². The van der Waals surface area contributed by atoms with Crippen LogP contribution in [0.3, 0.4) is 0 Å². The number of ether oxygens (including phenoxy) is 2. The molecule has 1 amide bonds. The number of methoxy groups -OCH3 is 1. The molecular weight excluding hydrogens is 292 g/mol. The Bertz CT molecular complexity index is 522. The van der Waals surface area contributed by atoms with Crippen LogP contribution in [-0.4, -0.2) is 49.4 Å².